The van der Waals surface area contributed by atoms with Gasteiger partial charge in [0.15, 0.2) is 5.54 Å². The fourth-order valence-electron chi connectivity index (χ4n) is 2.18. The number of benzene rings is 1. The number of carbonyl (C=O) groups excluding carboxylic acids is 1. The summed E-state index contributed by atoms with van der Waals surface area (Å²) in [6.07, 6.45) is 0.238. The van der Waals surface area contributed by atoms with E-state index in [9.17, 15) is 4.79 Å². The molecular weight excluding hydrogens is 230 g/mol. The van der Waals surface area contributed by atoms with Gasteiger partial charge in [-0.15, -0.1) is 0 Å². The van der Waals surface area contributed by atoms with Gasteiger partial charge >= 0.3 is 5.97 Å². The average molecular weight is 247 g/mol. The minimum absolute atomic E-state index is 0.315. The molecule has 2 unspecified atom stereocenters. The summed E-state index contributed by atoms with van der Waals surface area (Å²) in [4.78, 5) is 16.4. The van der Waals surface area contributed by atoms with Crippen molar-refractivity contribution in [3.05, 3.63) is 35.9 Å². The van der Waals surface area contributed by atoms with Crippen molar-refractivity contribution in [3.8, 4) is 0 Å². The predicted molar refractivity (Wildman–Crippen MR) is 68.6 cm³/mol. The van der Waals surface area contributed by atoms with Crippen LogP contribution in [0.5, 0.6) is 0 Å². The molecule has 0 bridgehead atoms. The van der Waals surface area contributed by atoms with E-state index in [1.807, 2.05) is 44.2 Å². The Labute approximate surface area is 107 Å². The summed E-state index contributed by atoms with van der Waals surface area (Å²) >= 11 is 0. The lowest BCUT2D eigenvalue weighted by Crippen LogP contribution is -2.44. The van der Waals surface area contributed by atoms with Gasteiger partial charge in [0.05, 0.1) is 7.11 Å². The first-order valence-corrected chi connectivity index (χ1v) is 6.04. The Kier molecular flexibility index (Phi) is 3.36. The van der Waals surface area contributed by atoms with Gasteiger partial charge in [-0.2, -0.15) is 0 Å². The first kappa shape index (κ1) is 12.6. The van der Waals surface area contributed by atoms with Gasteiger partial charge in [0, 0.05) is 5.56 Å². The van der Waals surface area contributed by atoms with Crippen molar-refractivity contribution in [2.45, 2.75) is 31.9 Å². The highest BCUT2D eigenvalue weighted by Crippen LogP contribution is 2.32. The SMILES string of the molecule is CCC1(C(=O)OC)N=C(c2ccccc2)OC1C. The van der Waals surface area contributed by atoms with Gasteiger partial charge < -0.3 is 9.47 Å². The molecule has 2 atom stereocenters. The Bertz CT molecular complexity index is 469. The third kappa shape index (κ3) is 1.88. The molecule has 0 fully saturated rings. The first-order valence-electron chi connectivity index (χ1n) is 6.04. The highest BCUT2D eigenvalue weighted by molar-refractivity contribution is 5.99. The second-order valence-corrected chi connectivity index (χ2v) is 4.31. The fraction of sp³-hybridized carbons (Fsp3) is 0.429. The molecule has 2 rings (SSSR count). The van der Waals surface area contributed by atoms with Crippen molar-refractivity contribution in [2.24, 2.45) is 4.99 Å². The molecule has 0 aliphatic carbocycles. The number of aliphatic imine (C=N–C) groups is 1. The largest absolute Gasteiger partial charge is 0.471 e. The smallest absolute Gasteiger partial charge is 0.337 e. The van der Waals surface area contributed by atoms with Crippen molar-refractivity contribution < 1.29 is 14.3 Å². The predicted octanol–water partition coefficient (Wildman–Crippen LogP) is 2.17. The van der Waals surface area contributed by atoms with Crippen molar-refractivity contribution >= 4 is 11.9 Å². The fourth-order valence-corrected chi connectivity index (χ4v) is 2.18. The maximum Gasteiger partial charge on any atom is 0.337 e. The van der Waals surface area contributed by atoms with E-state index in [4.69, 9.17) is 9.47 Å². The van der Waals surface area contributed by atoms with Crippen LogP contribution in [0.1, 0.15) is 25.8 Å². The third-order valence-corrected chi connectivity index (χ3v) is 3.36. The molecule has 18 heavy (non-hydrogen) atoms. The molecule has 4 heteroatoms. The molecule has 0 saturated carbocycles. The van der Waals surface area contributed by atoms with Crippen molar-refractivity contribution in [3.63, 3.8) is 0 Å². The van der Waals surface area contributed by atoms with Crippen LogP contribution in [-0.2, 0) is 14.3 Å². The molecule has 1 heterocycles. The number of esters is 1. The Balaban J connectivity index is 2.40. The molecule has 0 aromatic heterocycles. The van der Waals surface area contributed by atoms with Crippen LogP contribution in [0.15, 0.2) is 35.3 Å². The van der Waals surface area contributed by atoms with Gasteiger partial charge in [-0.25, -0.2) is 9.79 Å². The lowest BCUT2D eigenvalue weighted by molar-refractivity contribution is -0.149. The average Bonchev–Trinajstić information content (AvgIpc) is 2.77. The van der Waals surface area contributed by atoms with Crippen LogP contribution in [0.4, 0.5) is 0 Å². The molecular formula is C14H17NO3. The summed E-state index contributed by atoms with van der Waals surface area (Å²) in [5.41, 5.74) is -0.0384. The van der Waals surface area contributed by atoms with Gasteiger partial charge in [0.25, 0.3) is 0 Å². The number of hydrogen-bond acceptors (Lipinski definition) is 4. The molecule has 1 aliphatic rings. The topological polar surface area (TPSA) is 47.9 Å². The highest BCUT2D eigenvalue weighted by Gasteiger charge is 2.49. The third-order valence-electron chi connectivity index (χ3n) is 3.36. The monoisotopic (exact) mass is 247 g/mol. The van der Waals surface area contributed by atoms with Gasteiger partial charge in [-0.3, -0.25) is 0 Å². The zero-order chi connectivity index (χ0) is 13.2. The number of carbonyl (C=O) groups is 1. The summed E-state index contributed by atoms with van der Waals surface area (Å²) in [5.74, 6) is 0.166. The van der Waals surface area contributed by atoms with Crippen LogP contribution in [-0.4, -0.2) is 30.6 Å². The quantitative estimate of drug-likeness (QED) is 0.769. The normalized spacial score (nSPS) is 26.4. The highest BCUT2D eigenvalue weighted by atomic mass is 16.5. The van der Waals surface area contributed by atoms with Gasteiger partial charge in [0.2, 0.25) is 5.90 Å². The number of ether oxygens (including phenoxy) is 2. The summed E-state index contributed by atoms with van der Waals surface area (Å²) in [5, 5.41) is 0. The van der Waals surface area contributed by atoms with E-state index < -0.39 is 5.54 Å². The Morgan fingerprint density at radius 2 is 2.11 bits per heavy atom. The van der Waals surface area contributed by atoms with E-state index in [1.165, 1.54) is 7.11 Å². The number of methoxy groups -OCH3 is 1. The summed E-state index contributed by atoms with van der Waals surface area (Å²) in [6.45, 7) is 3.76. The van der Waals surface area contributed by atoms with Crippen LogP contribution >= 0.6 is 0 Å². The molecule has 0 spiro atoms. The summed E-state index contributed by atoms with van der Waals surface area (Å²) in [6, 6.07) is 9.57. The van der Waals surface area contributed by atoms with Crippen LogP contribution in [0.2, 0.25) is 0 Å². The van der Waals surface area contributed by atoms with Crippen molar-refractivity contribution in [1.82, 2.24) is 0 Å². The van der Waals surface area contributed by atoms with Crippen LogP contribution in [0.3, 0.4) is 0 Å². The molecule has 0 saturated heterocycles. The number of rotatable bonds is 3. The summed E-state index contributed by atoms with van der Waals surface area (Å²) in [7, 11) is 1.38. The Hall–Kier alpha value is -1.84. The van der Waals surface area contributed by atoms with E-state index in [0.29, 0.717) is 12.3 Å². The second-order valence-electron chi connectivity index (χ2n) is 4.31. The zero-order valence-electron chi connectivity index (χ0n) is 10.8. The van der Waals surface area contributed by atoms with Crippen molar-refractivity contribution in [2.75, 3.05) is 7.11 Å². The van der Waals surface area contributed by atoms with E-state index in [-0.39, 0.29) is 12.1 Å². The van der Waals surface area contributed by atoms with Crippen molar-refractivity contribution in [1.29, 1.82) is 0 Å². The molecule has 0 amide bonds. The zero-order valence-corrected chi connectivity index (χ0v) is 10.8. The van der Waals surface area contributed by atoms with E-state index in [2.05, 4.69) is 4.99 Å². The molecule has 0 N–H and O–H groups in total. The van der Waals surface area contributed by atoms with E-state index in [1.54, 1.807) is 0 Å². The van der Waals surface area contributed by atoms with Gasteiger partial charge in [-0.05, 0) is 25.5 Å². The maximum absolute atomic E-state index is 11.9. The second kappa shape index (κ2) is 4.80. The van der Waals surface area contributed by atoms with E-state index >= 15 is 0 Å². The number of nitrogens with zero attached hydrogens (tertiary/aromatic N) is 1. The molecule has 1 aromatic rings. The van der Waals surface area contributed by atoms with Gasteiger partial charge in [-0.1, -0.05) is 25.1 Å². The molecule has 96 valence electrons. The standard InChI is InChI=1S/C14H17NO3/c1-4-14(13(16)17-3)10(2)18-12(15-14)11-8-6-5-7-9-11/h5-10H,4H2,1-3H3. The molecule has 1 aromatic carbocycles. The molecule has 0 radical (unpaired) electrons. The maximum atomic E-state index is 11.9. The molecule has 1 aliphatic heterocycles. The van der Waals surface area contributed by atoms with Gasteiger partial charge in [0.1, 0.15) is 6.10 Å². The van der Waals surface area contributed by atoms with E-state index in [0.717, 1.165) is 5.56 Å². The lowest BCUT2D eigenvalue weighted by atomic mass is 9.92. The minimum atomic E-state index is -0.917. The lowest BCUT2D eigenvalue weighted by Gasteiger charge is -2.24. The molecule has 4 nitrogen and oxygen atoms in total. The Morgan fingerprint density at radius 1 is 1.44 bits per heavy atom. The van der Waals surface area contributed by atoms with Crippen LogP contribution in [0, 0.1) is 0 Å². The summed E-state index contributed by atoms with van der Waals surface area (Å²) < 4.78 is 10.6. The Morgan fingerprint density at radius 3 is 2.67 bits per heavy atom. The minimum Gasteiger partial charge on any atom is -0.471 e. The number of hydrogen-bond donors (Lipinski definition) is 0. The van der Waals surface area contributed by atoms with Crippen LogP contribution in [0.25, 0.3) is 0 Å². The first-order chi connectivity index (χ1) is 8.64. The van der Waals surface area contributed by atoms with Crippen LogP contribution < -0.4 is 0 Å².